The molecule has 4 fully saturated rings. The first kappa shape index (κ1) is 17.3. The minimum Gasteiger partial charge on any atom is -0.342 e. The summed E-state index contributed by atoms with van der Waals surface area (Å²) in [6.45, 7) is 5.95. The van der Waals surface area contributed by atoms with E-state index in [1.165, 1.54) is 19.3 Å². The maximum atomic E-state index is 12.6. The Labute approximate surface area is 151 Å². The maximum absolute atomic E-state index is 12.6. The molecule has 0 aromatic heterocycles. The lowest BCUT2D eigenvalue weighted by molar-refractivity contribution is -0.140. The van der Waals surface area contributed by atoms with Gasteiger partial charge in [0.05, 0.1) is 0 Å². The average molecular weight is 348 g/mol. The van der Waals surface area contributed by atoms with Crippen LogP contribution in [0.3, 0.4) is 0 Å². The number of likely N-dealkylation sites (tertiary alicyclic amines) is 3. The molecule has 5 nitrogen and oxygen atoms in total. The number of carbonyl (C=O) groups is 2. The highest BCUT2D eigenvalue weighted by molar-refractivity contribution is 5.80. The smallest absolute Gasteiger partial charge is 0.225 e. The molecular weight excluding hydrogens is 314 g/mol. The Morgan fingerprint density at radius 3 is 1.60 bits per heavy atom. The molecule has 0 bridgehead atoms. The monoisotopic (exact) mass is 347 g/mol. The molecule has 3 heterocycles. The minimum atomic E-state index is 0.259. The highest BCUT2D eigenvalue weighted by Crippen LogP contribution is 2.31. The minimum absolute atomic E-state index is 0.259. The zero-order valence-electron chi connectivity index (χ0n) is 15.5. The van der Waals surface area contributed by atoms with Crippen LogP contribution >= 0.6 is 0 Å². The third kappa shape index (κ3) is 3.71. The van der Waals surface area contributed by atoms with E-state index in [9.17, 15) is 9.59 Å². The second-order valence-corrected chi connectivity index (χ2v) is 8.53. The first-order chi connectivity index (χ1) is 12.2. The number of rotatable bonds is 3. The average Bonchev–Trinajstić information content (AvgIpc) is 3.14. The van der Waals surface area contributed by atoms with E-state index >= 15 is 0 Å². The predicted octanol–water partition coefficient (Wildman–Crippen LogP) is 2.11. The molecule has 2 amide bonds. The molecule has 0 aromatic carbocycles. The van der Waals surface area contributed by atoms with E-state index in [2.05, 4.69) is 14.7 Å². The molecule has 25 heavy (non-hydrogen) atoms. The van der Waals surface area contributed by atoms with Crippen LogP contribution in [0, 0.1) is 11.8 Å². The van der Waals surface area contributed by atoms with Crippen molar-refractivity contribution in [1.29, 1.82) is 0 Å². The van der Waals surface area contributed by atoms with Crippen molar-refractivity contribution < 1.29 is 9.59 Å². The molecule has 4 rings (SSSR count). The van der Waals surface area contributed by atoms with Gasteiger partial charge in [-0.1, -0.05) is 6.42 Å². The van der Waals surface area contributed by atoms with Gasteiger partial charge in [0, 0.05) is 44.1 Å². The first-order valence-electron chi connectivity index (χ1n) is 10.5. The Kier molecular flexibility index (Phi) is 5.30. The van der Waals surface area contributed by atoms with Crippen molar-refractivity contribution in [3.63, 3.8) is 0 Å². The van der Waals surface area contributed by atoms with Gasteiger partial charge in [-0.25, -0.2) is 0 Å². The molecular formula is C20H33N3O2. The summed E-state index contributed by atoms with van der Waals surface area (Å²) in [5.41, 5.74) is 0. The lowest BCUT2D eigenvalue weighted by Crippen LogP contribution is -2.51. The molecule has 1 aliphatic carbocycles. The molecule has 3 saturated heterocycles. The predicted molar refractivity (Wildman–Crippen MR) is 97.1 cm³/mol. The zero-order chi connectivity index (χ0) is 17.2. The molecule has 0 unspecified atom stereocenters. The van der Waals surface area contributed by atoms with Gasteiger partial charge in [-0.3, -0.25) is 9.59 Å². The van der Waals surface area contributed by atoms with E-state index in [0.29, 0.717) is 23.8 Å². The Balaban J connectivity index is 1.21. The molecule has 0 atom stereocenters. The lowest BCUT2D eigenvalue weighted by Gasteiger charge is -2.43. The number of hydrogen-bond donors (Lipinski definition) is 0. The van der Waals surface area contributed by atoms with Gasteiger partial charge < -0.3 is 14.7 Å². The summed E-state index contributed by atoms with van der Waals surface area (Å²) < 4.78 is 0. The van der Waals surface area contributed by atoms with Crippen LogP contribution in [0.15, 0.2) is 0 Å². The maximum Gasteiger partial charge on any atom is 0.225 e. The summed E-state index contributed by atoms with van der Waals surface area (Å²) in [5, 5.41) is 0. The largest absolute Gasteiger partial charge is 0.342 e. The number of nitrogens with zero attached hydrogens (tertiary/aromatic N) is 3. The van der Waals surface area contributed by atoms with Gasteiger partial charge in [0.25, 0.3) is 0 Å². The van der Waals surface area contributed by atoms with Gasteiger partial charge in [0.1, 0.15) is 0 Å². The molecule has 3 aliphatic heterocycles. The number of amides is 2. The van der Waals surface area contributed by atoms with Crippen LogP contribution in [0.1, 0.15) is 57.8 Å². The molecule has 140 valence electrons. The van der Waals surface area contributed by atoms with Crippen LogP contribution in [0.4, 0.5) is 0 Å². The molecule has 0 spiro atoms. The Bertz CT molecular complexity index is 483. The zero-order valence-corrected chi connectivity index (χ0v) is 15.5. The number of carbonyl (C=O) groups excluding carboxylic acids is 2. The first-order valence-corrected chi connectivity index (χ1v) is 10.5. The van der Waals surface area contributed by atoms with Gasteiger partial charge in [-0.15, -0.1) is 0 Å². The van der Waals surface area contributed by atoms with Crippen molar-refractivity contribution in [3.05, 3.63) is 0 Å². The van der Waals surface area contributed by atoms with Gasteiger partial charge in [-0.05, 0) is 64.5 Å². The summed E-state index contributed by atoms with van der Waals surface area (Å²) in [7, 11) is 0. The van der Waals surface area contributed by atoms with Crippen molar-refractivity contribution in [2.75, 3.05) is 39.3 Å². The number of hydrogen-bond acceptors (Lipinski definition) is 3. The van der Waals surface area contributed by atoms with Crippen LogP contribution in [0.5, 0.6) is 0 Å². The fourth-order valence-corrected chi connectivity index (χ4v) is 5.07. The normalized spacial score (nSPS) is 27.5. The van der Waals surface area contributed by atoms with Crippen molar-refractivity contribution in [1.82, 2.24) is 14.7 Å². The summed E-state index contributed by atoms with van der Waals surface area (Å²) in [5.74, 6) is 1.43. The van der Waals surface area contributed by atoms with Crippen LogP contribution < -0.4 is 0 Å². The highest BCUT2D eigenvalue weighted by atomic mass is 16.2. The second kappa shape index (κ2) is 7.65. The SMILES string of the molecule is O=C(C1CCN(C2CCN(C(=O)C3CCC3)CC2)CC1)N1CCCC1. The van der Waals surface area contributed by atoms with Crippen LogP contribution in [0.25, 0.3) is 0 Å². The van der Waals surface area contributed by atoms with Gasteiger partial charge >= 0.3 is 0 Å². The van der Waals surface area contributed by atoms with Gasteiger partial charge in [0.15, 0.2) is 0 Å². The van der Waals surface area contributed by atoms with E-state index in [1.54, 1.807) is 0 Å². The topological polar surface area (TPSA) is 43.9 Å². The van der Waals surface area contributed by atoms with Crippen molar-refractivity contribution in [2.45, 2.75) is 63.8 Å². The Hall–Kier alpha value is -1.10. The second-order valence-electron chi connectivity index (χ2n) is 8.53. The molecule has 5 heteroatoms. The molecule has 4 aliphatic rings. The molecule has 1 saturated carbocycles. The Morgan fingerprint density at radius 2 is 1.08 bits per heavy atom. The fraction of sp³-hybridized carbons (Fsp3) is 0.900. The number of piperidine rings is 2. The van der Waals surface area contributed by atoms with Crippen LogP contribution in [0.2, 0.25) is 0 Å². The van der Waals surface area contributed by atoms with Gasteiger partial charge in [0.2, 0.25) is 11.8 Å². The standard InChI is InChI=1S/C20H33N3O2/c24-19(16-4-3-5-16)23-14-8-18(9-15-23)21-12-6-17(7-13-21)20(25)22-10-1-2-11-22/h16-18H,1-15H2. The molecule has 0 aromatic rings. The van der Waals surface area contributed by atoms with Gasteiger partial charge in [-0.2, -0.15) is 0 Å². The van der Waals surface area contributed by atoms with Crippen molar-refractivity contribution in [3.8, 4) is 0 Å². The van der Waals surface area contributed by atoms with Crippen molar-refractivity contribution >= 4 is 11.8 Å². The van der Waals surface area contributed by atoms with Crippen molar-refractivity contribution in [2.24, 2.45) is 11.8 Å². The van der Waals surface area contributed by atoms with E-state index in [0.717, 1.165) is 77.8 Å². The van der Waals surface area contributed by atoms with Crippen LogP contribution in [-0.2, 0) is 9.59 Å². The summed E-state index contributed by atoms with van der Waals surface area (Å²) >= 11 is 0. The molecule has 0 N–H and O–H groups in total. The van der Waals surface area contributed by atoms with E-state index in [1.807, 2.05) is 0 Å². The third-order valence-corrected chi connectivity index (χ3v) is 7.04. The van der Waals surface area contributed by atoms with Crippen LogP contribution in [-0.4, -0.2) is 71.8 Å². The fourth-order valence-electron chi connectivity index (χ4n) is 5.07. The quantitative estimate of drug-likeness (QED) is 0.785. The molecule has 0 radical (unpaired) electrons. The third-order valence-electron chi connectivity index (χ3n) is 7.04. The van der Waals surface area contributed by atoms with E-state index in [-0.39, 0.29) is 5.92 Å². The van der Waals surface area contributed by atoms with E-state index < -0.39 is 0 Å². The summed E-state index contributed by atoms with van der Waals surface area (Å²) in [6, 6.07) is 0.619. The Morgan fingerprint density at radius 1 is 0.560 bits per heavy atom. The summed E-state index contributed by atoms with van der Waals surface area (Å²) in [4.78, 5) is 31.7. The highest BCUT2D eigenvalue weighted by Gasteiger charge is 2.35. The lowest BCUT2D eigenvalue weighted by atomic mass is 9.84. The summed E-state index contributed by atoms with van der Waals surface area (Å²) in [6.07, 6.45) is 10.1. The van der Waals surface area contributed by atoms with E-state index in [4.69, 9.17) is 0 Å².